The van der Waals surface area contributed by atoms with E-state index in [4.69, 9.17) is 21.1 Å². The molecule has 0 radical (unpaired) electrons. The van der Waals surface area contributed by atoms with Crippen LogP contribution in [0.5, 0.6) is 5.75 Å². The van der Waals surface area contributed by atoms with Gasteiger partial charge in [0.1, 0.15) is 5.75 Å². The van der Waals surface area contributed by atoms with Gasteiger partial charge in [0.25, 0.3) is 5.56 Å². The number of halogens is 1. The van der Waals surface area contributed by atoms with Gasteiger partial charge in [0.05, 0.1) is 25.9 Å². The molecule has 0 spiro atoms. The van der Waals surface area contributed by atoms with E-state index in [1.165, 1.54) is 16.2 Å². The van der Waals surface area contributed by atoms with Crippen LogP contribution >= 0.6 is 11.6 Å². The summed E-state index contributed by atoms with van der Waals surface area (Å²) in [6.07, 6.45) is 0. The zero-order chi connectivity index (χ0) is 20.0. The number of hydrogen-bond acceptors (Lipinski definition) is 6. The van der Waals surface area contributed by atoms with Crippen molar-refractivity contribution in [3.63, 3.8) is 0 Å². The monoisotopic (exact) mass is 405 g/mol. The predicted octanol–water partition coefficient (Wildman–Crippen LogP) is 1.36. The van der Waals surface area contributed by atoms with Crippen LogP contribution in [0.1, 0.15) is 0 Å². The maximum absolute atomic E-state index is 13.0. The third-order valence-electron chi connectivity index (χ3n) is 4.95. The summed E-state index contributed by atoms with van der Waals surface area (Å²) in [4.78, 5) is 32.2. The van der Waals surface area contributed by atoms with Gasteiger partial charge in [-0.2, -0.15) is 4.98 Å². The highest BCUT2D eigenvalue weighted by molar-refractivity contribution is 6.31. The number of aryl methyl sites for hydroxylation is 1. The first-order valence-electron chi connectivity index (χ1n) is 8.78. The minimum atomic E-state index is -0.418. The molecule has 28 heavy (non-hydrogen) atoms. The first kappa shape index (κ1) is 18.6. The number of aromatic nitrogens is 4. The molecule has 9 nitrogen and oxygen atoms in total. The van der Waals surface area contributed by atoms with Crippen molar-refractivity contribution in [3.8, 4) is 5.75 Å². The molecule has 0 saturated heterocycles. The van der Waals surface area contributed by atoms with Gasteiger partial charge in [-0.15, -0.1) is 0 Å². The van der Waals surface area contributed by atoms with Crippen LogP contribution in [0.4, 0.5) is 11.6 Å². The van der Waals surface area contributed by atoms with Gasteiger partial charge in [-0.1, -0.05) is 11.6 Å². The van der Waals surface area contributed by atoms with E-state index in [1.54, 1.807) is 32.4 Å². The van der Waals surface area contributed by atoms with Crippen LogP contribution in [0.3, 0.4) is 0 Å². The average molecular weight is 406 g/mol. The Kier molecular flexibility index (Phi) is 4.64. The first-order valence-corrected chi connectivity index (χ1v) is 9.15. The molecule has 4 rings (SSSR count). The molecule has 10 heteroatoms. The molecule has 1 aromatic carbocycles. The standard InChI is InChI=1S/C18H20ClN5O4/c1-21-15-14(16(25)24(18(21)26)8-9-27-2)23-7-6-22(17(23)20-15)12-10-11(19)4-5-13(12)28-3/h4-5,10H,6-9H2,1-3H3. The van der Waals surface area contributed by atoms with Gasteiger partial charge in [-0.05, 0) is 18.2 Å². The fourth-order valence-corrected chi connectivity index (χ4v) is 3.73. The number of hydrogen-bond donors (Lipinski definition) is 0. The molecule has 0 amide bonds. The molecule has 0 fully saturated rings. The summed E-state index contributed by atoms with van der Waals surface area (Å²) in [5, 5.41) is 0.569. The van der Waals surface area contributed by atoms with Crippen LogP contribution in [0.2, 0.25) is 5.02 Å². The normalized spacial score (nSPS) is 13.4. The van der Waals surface area contributed by atoms with Gasteiger partial charge in [-0.3, -0.25) is 13.9 Å². The Balaban J connectivity index is 1.93. The molecule has 2 aromatic heterocycles. The fraction of sp³-hybridized carbons (Fsp3) is 0.389. The van der Waals surface area contributed by atoms with Gasteiger partial charge < -0.3 is 18.9 Å². The zero-order valence-electron chi connectivity index (χ0n) is 15.8. The van der Waals surface area contributed by atoms with E-state index >= 15 is 0 Å². The Hall–Kier alpha value is -2.78. The SMILES string of the molecule is COCCn1c(=O)c2c(nc3n2CCN3c2cc(Cl)ccc2OC)n(C)c1=O. The second-order valence-electron chi connectivity index (χ2n) is 6.49. The van der Waals surface area contributed by atoms with E-state index in [2.05, 4.69) is 4.98 Å². The van der Waals surface area contributed by atoms with Crippen molar-refractivity contribution in [1.29, 1.82) is 0 Å². The lowest BCUT2D eigenvalue weighted by Crippen LogP contribution is -2.40. The van der Waals surface area contributed by atoms with Crippen LogP contribution in [-0.2, 0) is 24.9 Å². The van der Waals surface area contributed by atoms with Crippen molar-refractivity contribution < 1.29 is 9.47 Å². The molecule has 3 heterocycles. The molecule has 148 valence electrons. The number of rotatable bonds is 5. The third-order valence-corrected chi connectivity index (χ3v) is 5.19. The second kappa shape index (κ2) is 6.99. The van der Waals surface area contributed by atoms with Gasteiger partial charge in [0.2, 0.25) is 5.95 Å². The Morgan fingerprint density at radius 1 is 1.21 bits per heavy atom. The van der Waals surface area contributed by atoms with Crippen molar-refractivity contribution in [2.45, 2.75) is 13.1 Å². The largest absolute Gasteiger partial charge is 0.495 e. The molecular weight excluding hydrogens is 386 g/mol. The summed E-state index contributed by atoms with van der Waals surface area (Å²) in [5.74, 6) is 1.23. The highest BCUT2D eigenvalue weighted by Gasteiger charge is 2.30. The van der Waals surface area contributed by atoms with Gasteiger partial charge >= 0.3 is 5.69 Å². The minimum absolute atomic E-state index is 0.185. The number of nitrogens with zero attached hydrogens (tertiary/aromatic N) is 5. The number of ether oxygens (including phenoxy) is 2. The number of benzene rings is 1. The molecule has 0 N–H and O–H groups in total. The molecule has 0 atom stereocenters. The maximum atomic E-state index is 13.0. The van der Waals surface area contributed by atoms with Crippen LogP contribution in [0.15, 0.2) is 27.8 Å². The van der Waals surface area contributed by atoms with Crippen molar-refractivity contribution in [3.05, 3.63) is 44.1 Å². The minimum Gasteiger partial charge on any atom is -0.495 e. The lowest BCUT2D eigenvalue weighted by Gasteiger charge is -2.19. The highest BCUT2D eigenvalue weighted by atomic mass is 35.5. The lowest BCUT2D eigenvalue weighted by molar-refractivity contribution is 0.184. The fourth-order valence-electron chi connectivity index (χ4n) is 3.56. The van der Waals surface area contributed by atoms with Crippen LogP contribution in [0.25, 0.3) is 11.2 Å². The smallest absolute Gasteiger partial charge is 0.332 e. The number of anilines is 2. The van der Waals surface area contributed by atoms with Crippen LogP contribution in [-0.4, -0.2) is 46.1 Å². The van der Waals surface area contributed by atoms with E-state index in [0.717, 1.165) is 5.69 Å². The predicted molar refractivity (Wildman–Crippen MR) is 106 cm³/mol. The summed E-state index contributed by atoms with van der Waals surface area (Å²) >= 11 is 6.18. The maximum Gasteiger partial charge on any atom is 0.332 e. The van der Waals surface area contributed by atoms with Gasteiger partial charge in [0.15, 0.2) is 11.2 Å². The Morgan fingerprint density at radius 3 is 2.71 bits per heavy atom. The molecule has 3 aromatic rings. The molecular formula is C18H20ClN5O4. The van der Waals surface area contributed by atoms with Crippen molar-refractivity contribution >= 4 is 34.4 Å². The summed E-state index contributed by atoms with van der Waals surface area (Å²) in [6.45, 7) is 1.62. The molecule has 0 aliphatic carbocycles. The zero-order valence-corrected chi connectivity index (χ0v) is 16.6. The molecule has 1 aliphatic rings. The van der Waals surface area contributed by atoms with E-state index in [-0.39, 0.29) is 18.7 Å². The number of fused-ring (bicyclic) bond motifs is 3. The Bertz CT molecular complexity index is 1180. The van der Waals surface area contributed by atoms with E-state index in [0.29, 0.717) is 41.0 Å². The highest BCUT2D eigenvalue weighted by Crippen LogP contribution is 2.38. The van der Waals surface area contributed by atoms with Gasteiger partial charge in [-0.25, -0.2) is 4.79 Å². The Labute approximate surface area is 165 Å². The lowest BCUT2D eigenvalue weighted by atomic mass is 10.2. The second-order valence-corrected chi connectivity index (χ2v) is 6.93. The topological polar surface area (TPSA) is 83.5 Å². The van der Waals surface area contributed by atoms with Crippen molar-refractivity contribution in [2.24, 2.45) is 7.05 Å². The number of methoxy groups -OCH3 is 2. The Morgan fingerprint density at radius 2 is 2.00 bits per heavy atom. The number of imidazole rings is 1. The average Bonchev–Trinajstić information content (AvgIpc) is 3.25. The van der Waals surface area contributed by atoms with Crippen molar-refractivity contribution in [2.75, 3.05) is 32.3 Å². The summed E-state index contributed by atoms with van der Waals surface area (Å²) in [6, 6.07) is 5.34. The quantitative estimate of drug-likeness (QED) is 0.637. The molecule has 1 aliphatic heterocycles. The summed E-state index contributed by atoms with van der Waals surface area (Å²) in [7, 11) is 4.73. The first-order chi connectivity index (χ1) is 13.5. The van der Waals surface area contributed by atoms with E-state index < -0.39 is 5.69 Å². The van der Waals surface area contributed by atoms with Gasteiger partial charge in [0, 0.05) is 32.3 Å². The van der Waals surface area contributed by atoms with Crippen LogP contribution < -0.4 is 20.9 Å². The summed E-state index contributed by atoms with van der Waals surface area (Å²) < 4.78 is 14.9. The van der Waals surface area contributed by atoms with E-state index in [1.807, 2.05) is 9.47 Å². The molecule has 0 unspecified atom stereocenters. The van der Waals surface area contributed by atoms with Crippen LogP contribution in [0, 0.1) is 0 Å². The van der Waals surface area contributed by atoms with E-state index in [9.17, 15) is 9.59 Å². The molecule has 0 saturated carbocycles. The molecule has 0 bridgehead atoms. The third kappa shape index (κ3) is 2.70. The summed E-state index contributed by atoms with van der Waals surface area (Å²) in [5.41, 5.74) is 0.724. The van der Waals surface area contributed by atoms with Crippen molar-refractivity contribution in [1.82, 2.24) is 18.7 Å².